The van der Waals surface area contributed by atoms with Crippen molar-refractivity contribution in [3.05, 3.63) is 0 Å². The standard InChI is InChI=1S/C4H8O2.C2H4O.CH3O/c1-4(6)2-3-5;1-2-3;1-2/h3-4,6H,2H2,1H3;2H,1H3;1H3/q;;-1. The molecular weight excluding hydrogens is 148 g/mol. The summed E-state index contributed by atoms with van der Waals surface area (Å²) in [6.45, 7) is 3.02. The zero-order valence-electron chi connectivity index (χ0n) is 7.11. The van der Waals surface area contributed by atoms with Crippen molar-refractivity contribution in [2.24, 2.45) is 0 Å². The van der Waals surface area contributed by atoms with Crippen LogP contribution in [0.1, 0.15) is 20.3 Å². The summed E-state index contributed by atoms with van der Waals surface area (Å²) in [7, 11) is 0.750. The molecule has 68 valence electrons. The van der Waals surface area contributed by atoms with E-state index in [0.29, 0.717) is 6.29 Å². The van der Waals surface area contributed by atoms with Gasteiger partial charge in [-0.05, 0) is 13.8 Å². The van der Waals surface area contributed by atoms with Gasteiger partial charge in [-0.25, -0.2) is 0 Å². The highest BCUT2D eigenvalue weighted by Crippen LogP contribution is 1.79. The highest BCUT2D eigenvalue weighted by atomic mass is 16.3. The molecular formula is C7H15O4-. The number of rotatable bonds is 2. The molecule has 0 bridgehead atoms. The zero-order chi connectivity index (χ0) is 9.70. The number of hydrogen-bond acceptors (Lipinski definition) is 4. The molecule has 4 heteroatoms. The molecule has 0 amide bonds. The van der Waals surface area contributed by atoms with Crippen molar-refractivity contribution in [2.45, 2.75) is 26.4 Å². The molecule has 0 saturated carbocycles. The van der Waals surface area contributed by atoms with Crippen molar-refractivity contribution >= 4 is 12.6 Å². The van der Waals surface area contributed by atoms with Gasteiger partial charge in [-0.2, -0.15) is 7.11 Å². The molecule has 1 atom stereocenters. The molecule has 0 rings (SSSR count). The Hall–Kier alpha value is -0.740. The minimum absolute atomic E-state index is 0.250. The second kappa shape index (κ2) is 22.8. The monoisotopic (exact) mass is 163 g/mol. The minimum atomic E-state index is -0.470. The number of carbonyl (C=O) groups excluding carboxylic acids is 2. The van der Waals surface area contributed by atoms with E-state index in [-0.39, 0.29) is 6.42 Å². The molecule has 0 radical (unpaired) electrons. The van der Waals surface area contributed by atoms with Gasteiger partial charge in [-0.3, -0.25) is 0 Å². The molecule has 0 spiro atoms. The Morgan fingerprint density at radius 3 is 1.73 bits per heavy atom. The van der Waals surface area contributed by atoms with Gasteiger partial charge in [0.25, 0.3) is 0 Å². The van der Waals surface area contributed by atoms with Crippen LogP contribution in [0.3, 0.4) is 0 Å². The number of aldehydes is 2. The van der Waals surface area contributed by atoms with Crippen molar-refractivity contribution in [3.63, 3.8) is 0 Å². The topological polar surface area (TPSA) is 77.4 Å². The Labute approximate surface area is 66.9 Å². The highest BCUT2D eigenvalue weighted by Gasteiger charge is 1.87. The Morgan fingerprint density at radius 2 is 1.73 bits per heavy atom. The molecule has 0 saturated heterocycles. The lowest BCUT2D eigenvalue weighted by atomic mass is 10.3. The molecule has 0 aromatic carbocycles. The molecule has 4 nitrogen and oxygen atoms in total. The van der Waals surface area contributed by atoms with Crippen LogP contribution in [0.25, 0.3) is 0 Å². The number of hydrogen-bond donors (Lipinski definition) is 1. The second-order valence-electron chi connectivity index (χ2n) is 1.49. The fourth-order valence-electron chi connectivity index (χ4n) is 0.139. The highest BCUT2D eigenvalue weighted by molar-refractivity contribution is 5.49. The first kappa shape index (κ1) is 16.7. The average Bonchev–Trinajstić information content (AvgIpc) is 1.93. The molecule has 0 aliphatic carbocycles. The molecule has 1 unspecified atom stereocenters. The zero-order valence-corrected chi connectivity index (χ0v) is 7.11. The van der Waals surface area contributed by atoms with Crippen LogP contribution in [0.15, 0.2) is 0 Å². The average molecular weight is 163 g/mol. The van der Waals surface area contributed by atoms with Gasteiger partial charge in [-0.15, -0.1) is 0 Å². The fourth-order valence-corrected chi connectivity index (χ4v) is 0.139. The van der Waals surface area contributed by atoms with Crippen LogP contribution >= 0.6 is 0 Å². The Balaban J connectivity index is -0.000000109. The summed E-state index contributed by atoms with van der Waals surface area (Å²) in [6, 6.07) is 0. The summed E-state index contributed by atoms with van der Waals surface area (Å²) < 4.78 is 0. The van der Waals surface area contributed by atoms with Gasteiger partial charge in [0.05, 0.1) is 6.10 Å². The summed E-state index contributed by atoms with van der Waals surface area (Å²) in [6.07, 6.45) is 1.23. The van der Waals surface area contributed by atoms with Crippen LogP contribution in [0, 0.1) is 0 Å². The predicted molar refractivity (Wildman–Crippen MR) is 40.0 cm³/mol. The molecule has 0 fully saturated rings. The lowest BCUT2D eigenvalue weighted by Crippen LogP contribution is -1.97. The van der Waals surface area contributed by atoms with E-state index >= 15 is 0 Å². The molecule has 0 heterocycles. The van der Waals surface area contributed by atoms with Crippen LogP contribution in [-0.4, -0.2) is 30.9 Å². The summed E-state index contributed by atoms with van der Waals surface area (Å²) in [5, 5.41) is 16.6. The summed E-state index contributed by atoms with van der Waals surface area (Å²) in [4.78, 5) is 18.3. The van der Waals surface area contributed by atoms with Crippen LogP contribution in [0.4, 0.5) is 0 Å². The van der Waals surface area contributed by atoms with Crippen LogP contribution in [0.5, 0.6) is 0 Å². The van der Waals surface area contributed by atoms with Crippen LogP contribution in [0.2, 0.25) is 0 Å². The first-order valence-corrected chi connectivity index (χ1v) is 3.11. The summed E-state index contributed by atoms with van der Waals surface area (Å²) in [5.74, 6) is 0. The van der Waals surface area contributed by atoms with E-state index in [1.165, 1.54) is 6.92 Å². The van der Waals surface area contributed by atoms with Gasteiger partial charge in [0.1, 0.15) is 12.6 Å². The van der Waals surface area contributed by atoms with Gasteiger partial charge in [0.2, 0.25) is 0 Å². The predicted octanol–water partition coefficient (Wildman–Crippen LogP) is -0.862. The lowest BCUT2D eigenvalue weighted by Gasteiger charge is -1.89. The normalized spacial score (nSPS) is 9.18. The molecule has 0 aliphatic rings. The van der Waals surface area contributed by atoms with Crippen molar-refractivity contribution in [1.82, 2.24) is 0 Å². The molecule has 0 aromatic rings. The van der Waals surface area contributed by atoms with Gasteiger partial charge < -0.3 is 19.8 Å². The maximum Gasteiger partial charge on any atom is 0.122 e. The summed E-state index contributed by atoms with van der Waals surface area (Å²) in [5.41, 5.74) is 0. The van der Waals surface area contributed by atoms with Crippen molar-refractivity contribution < 1.29 is 19.8 Å². The van der Waals surface area contributed by atoms with Gasteiger partial charge >= 0.3 is 0 Å². The van der Waals surface area contributed by atoms with Crippen LogP contribution in [-0.2, 0) is 9.59 Å². The third-order valence-corrected chi connectivity index (χ3v) is 0.437. The SMILES string of the molecule is CC(O)CC=O.CC=O.C[O-]. The van der Waals surface area contributed by atoms with Crippen molar-refractivity contribution in [2.75, 3.05) is 7.11 Å². The number of aliphatic hydroxyl groups is 1. The molecule has 1 N–H and O–H groups in total. The van der Waals surface area contributed by atoms with Crippen LogP contribution < -0.4 is 5.11 Å². The van der Waals surface area contributed by atoms with E-state index in [1.54, 1.807) is 6.92 Å². The van der Waals surface area contributed by atoms with E-state index in [1.807, 2.05) is 0 Å². The van der Waals surface area contributed by atoms with E-state index < -0.39 is 6.10 Å². The van der Waals surface area contributed by atoms with Crippen molar-refractivity contribution in [3.8, 4) is 0 Å². The number of carbonyl (C=O) groups is 2. The Bertz CT molecular complexity index is 70.8. The van der Waals surface area contributed by atoms with Crippen molar-refractivity contribution in [1.29, 1.82) is 0 Å². The Morgan fingerprint density at radius 1 is 1.45 bits per heavy atom. The fraction of sp³-hybridized carbons (Fsp3) is 0.714. The van der Waals surface area contributed by atoms with Gasteiger partial charge in [0.15, 0.2) is 0 Å². The first-order chi connectivity index (χ1) is 5.18. The van der Waals surface area contributed by atoms with E-state index in [2.05, 4.69) is 0 Å². The number of aliphatic hydroxyl groups excluding tert-OH is 1. The largest absolute Gasteiger partial charge is 0.857 e. The molecule has 0 aliphatic heterocycles. The second-order valence-corrected chi connectivity index (χ2v) is 1.49. The third kappa shape index (κ3) is 95.6. The Kier molecular flexibility index (Phi) is 34.6. The van der Waals surface area contributed by atoms with E-state index in [9.17, 15) is 4.79 Å². The smallest absolute Gasteiger partial charge is 0.122 e. The van der Waals surface area contributed by atoms with E-state index in [4.69, 9.17) is 15.0 Å². The first-order valence-electron chi connectivity index (χ1n) is 3.11. The minimum Gasteiger partial charge on any atom is -0.857 e. The van der Waals surface area contributed by atoms with Gasteiger partial charge in [-0.1, -0.05) is 0 Å². The molecule has 0 aromatic heterocycles. The van der Waals surface area contributed by atoms with E-state index in [0.717, 1.165) is 13.4 Å². The maximum atomic E-state index is 9.46. The van der Waals surface area contributed by atoms with Gasteiger partial charge in [0, 0.05) is 6.42 Å². The summed E-state index contributed by atoms with van der Waals surface area (Å²) >= 11 is 0. The quantitative estimate of drug-likeness (QED) is 0.537. The maximum absolute atomic E-state index is 9.46. The molecule has 11 heavy (non-hydrogen) atoms. The lowest BCUT2D eigenvalue weighted by molar-refractivity contribution is -0.325. The third-order valence-electron chi connectivity index (χ3n) is 0.437.